The van der Waals surface area contributed by atoms with Gasteiger partial charge in [0.25, 0.3) is 0 Å². The third-order valence-electron chi connectivity index (χ3n) is 4.61. The Bertz CT molecular complexity index is 1240. The molecule has 148 valence electrons. The number of nitrogens with one attached hydrogen (secondary N) is 1. The number of imidazole rings is 1. The summed E-state index contributed by atoms with van der Waals surface area (Å²) in [6.45, 7) is 6.05. The Morgan fingerprint density at radius 2 is 1.93 bits per heavy atom. The number of pyridine rings is 1. The summed E-state index contributed by atoms with van der Waals surface area (Å²) >= 11 is 0. The molecule has 0 amide bonds. The van der Waals surface area contributed by atoms with Gasteiger partial charge in [-0.25, -0.2) is 9.37 Å². The number of aromatic nitrogens is 5. The first kappa shape index (κ1) is 20.5. The normalized spacial score (nSPS) is 11.3. The van der Waals surface area contributed by atoms with Gasteiger partial charge in [0.1, 0.15) is 23.1 Å². The topological polar surface area (TPSA) is 83.2 Å². The lowest BCUT2D eigenvalue weighted by Crippen LogP contribution is -2.14. The molecule has 0 atom stereocenters. The van der Waals surface area contributed by atoms with Gasteiger partial charge in [-0.1, -0.05) is 32.9 Å². The smallest absolute Gasteiger partial charge is 0.158 e. The van der Waals surface area contributed by atoms with Crippen LogP contribution in [0.15, 0.2) is 36.5 Å². The zero-order chi connectivity index (χ0) is 20.1. The number of aryl methyl sites for hydroxylation is 1. The van der Waals surface area contributed by atoms with Crippen LogP contribution in [0.4, 0.5) is 4.39 Å². The van der Waals surface area contributed by atoms with Crippen LogP contribution in [-0.4, -0.2) is 24.7 Å². The molecule has 4 rings (SSSR count). The van der Waals surface area contributed by atoms with Crippen LogP contribution in [0, 0.1) is 17.1 Å². The van der Waals surface area contributed by atoms with Gasteiger partial charge >= 0.3 is 0 Å². The second-order valence-electron chi connectivity index (χ2n) is 7.71. The number of rotatable bonds is 2. The summed E-state index contributed by atoms with van der Waals surface area (Å²) in [6.07, 6.45) is 1.63. The third kappa shape index (κ3) is 3.47. The Kier molecular flexibility index (Phi) is 5.16. The fourth-order valence-electron chi connectivity index (χ4n) is 3.26. The third-order valence-corrected chi connectivity index (χ3v) is 4.61. The largest absolute Gasteiger partial charge is 0.335 e. The highest BCUT2D eigenvalue weighted by Gasteiger charge is 2.28. The Labute approximate surface area is 173 Å². The predicted molar refractivity (Wildman–Crippen MR) is 112 cm³/mol. The molecule has 0 fully saturated rings. The average Bonchev–Trinajstić information content (AvgIpc) is 3.21. The van der Waals surface area contributed by atoms with Crippen molar-refractivity contribution in [2.45, 2.75) is 26.2 Å². The fourth-order valence-corrected chi connectivity index (χ4v) is 3.26. The maximum Gasteiger partial charge on any atom is 0.158 e. The standard InChI is InChI=1S/C21H19FN6.ClH/c1-21(2,3)19-13(10-23)18(28(4)27-19)20-25-16-9-15(24-11-17(16)26-20)12-7-5-6-8-14(12)22;/h5-9,11H,1-4H3,(H,25,26);1H. The van der Waals surface area contributed by atoms with E-state index in [0.717, 1.165) is 5.69 Å². The number of halogens is 2. The quantitative estimate of drug-likeness (QED) is 0.516. The zero-order valence-corrected chi connectivity index (χ0v) is 17.3. The summed E-state index contributed by atoms with van der Waals surface area (Å²) in [4.78, 5) is 12.2. The molecule has 8 heteroatoms. The highest BCUT2D eigenvalue weighted by Crippen LogP contribution is 2.32. The van der Waals surface area contributed by atoms with E-state index in [2.05, 4.69) is 26.1 Å². The average molecular weight is 411 g/mol. The highest BCUT2D eigenvalue weighted by atomic mass is 35.5. The summed E-state index contributed by atoms with van der Waals surface area (Å²) in [5, 5.41) is 14.3. The molecule has 0 radical (unpaired) electrons. The second-order valence-corrected chi connectivity index (χ2v) is 7.71. The number of nitriles is 1. The monoisotopic (exact) mass is 410 g/mol. The van der Waals surface area contributed by atoms with E-state index in [-0.39, 0.29) is 23.6 Å². The van der Waals surface area contributed by atoms with Crippen molar-refractivity contribution in [3.8, 4) is 28.8 Å². The Morgan fingerprint density at radius 1 is 1.21 bits per heavy atom. The van der Waals surface area contributed by atoms with Crippen molar-refractivity contribution in [1.29, 1.82) is 5.26 Å². The van der Waals surface area contributed by atoms with Gasteiger partial charge in [-0.15, -0.1) is 12.4 Å². The fraction of sp³-hybridized carbons (Fsp3) is 0.238. The van der Waals surface area contributed by atoms with Crippen LogP contribution < -0.4 is 0 Å². The number of aromatic amines is 1. The molecule has 29 heavy (non-hydrogen) atoms. The van der Waals surface area contributed by atoms with Gasteiger partial charge in [0, 0.05) is 18.0 Å². The van der Waals surface area contributed by atoms with Crippen LogP contribution in [0.3, 0.4) is 0 Å². The zero-order valence-electron chi connectivity index (χ0n) is 16.5. The van der Waals surface area contributed by atoms with Gasteiger partial charge in [-0.3, -0.25) is 9.67 Å². The van der Waals surface area contributed by atoms with Crippen molar-refractivity contribution >= 4 is 23.4 Å². The molecule has 0 saturated heterocycles. The Hall–Kier alpha value is -3.24. The molecule has 0 aliphatic heterocycles. The molecule has 3 heterocycles. The number of hydrogen-bond acceptors (Lipinski definition) is 4. The van der Waals surface area contributed by atoms with Crippen molar-refractivity contribution in [3.05, 3.63) is 53.6 Å². The molecule has 0 unspecified atom stereocenters. The summed E-state index contributed by atoms with van der Waals surface area (Å²) < 4.78 is 15.8. The molecular formula is C21H20ClFN6. The number of hydrogen-bond donors (Lipinski definition) is 1. The van der Waals surface area contributed by atoms with Crippen LogP contribution in [0.5, 0.6) is 0 Å². The number of fused-ring (bicyclic) bond motifs is 1. The minimum Gasteiger partial charge on any atom is -0.335 e. The molecule has 6 nitrogen and oxygen atoms in total. The molecule has 0 aliphatic rings. The van der Waals surface area contributed by atoms with E-state index in [1.165, 1.54) is 6.07 Å². The SMILES string of the molecule is Cl.Cn1nc(C(C)(C)C)c(C#N)c1-c1nc2cc(-c3ccccc3F)ncc2[nH]1. The van der Waals surface area contributed by atoms with Gasteiger partial charge in [-0.05, 0) is 18.2 Å². The van der Waals surface area contributed by atoms with E-state index in [9.17, 15) is 9.65 Å². The second kappa shape index (κ2) is 7.30. The minimum absolute atomic E-state index is 0. The molecular weight excluding hydrogens is 391 g/mol. The maximum atomic E-state index is 14.1. The van der Waals surface area contributed by atoms with E-state index < -0.39 is 0 Å². The van der Waals surface area contributed by atoms with Crippen molar-refractivity contribution < 1.29 is 4.39 Å². The maximum absolute atomic E-state index is 14.1. The summed E-state index contributed by atoms with van der Waals surface area (Å²) in [5.41, 5.74) is 3.84. The number of nitrogens with zero attached hydrogens (tertiary/aromatic N) is 5. The minimum atomic E-state index is -0.335. The van der Waals surface area contributed by atoms with Crippen molar-refractivity contribution in [3.63, 3.8) is 0 Å². The summed E-state index contributed by atoms with van der Waals surface area (Å²) in [5.74, 6) is 0.197. The van der Waals surface area contributed by atoms with Gasteiger partial charge in [-0.2, -0.15) is 10.4 Å². The number of H-pyrrole nitrogens is 1. The first-order chi connectivity index (χ1) is 13.3. The lowest BCUT2D eigenvalue weighted by Gasteiger charge is -2.15. The van der Waals surface area contributed by atoms with Crippen LogP contribution in [-0.2, 0) is 12.5 Å². The van der Waals surface area contributed by atoms with Crippen molar-refractivity contribution in [1.82, 2.24) is 24.7 Å². The highest BCUT2D eigenvalue weighted by molar-refractivity contribution is 5.85. The molecule has 3 aromatic heterocycles. The van der Waals surface area contributed by atoms with Crippen LogP contribution in [0.25, 0.3) is 33.8 Å². The first-order valence-electron chi connectivity index (χ1n) is 8.88. The lowest BCUT2D eigenvalue weighted by molar-refractivity contribution is 0.552. The van der Waals surface area contributed by atoms with Gasteiger partial charge in [0.15, 0.2) is 5.82 Å². The lowest BCUT2D eigenvalue weighted by atomic mass is 9.89. The molecule has 0 spiro atoms. The Balaban J connectivity index is 0.00000240. The molecule has 0 saturated carbocycles. The molecule has 0 bridgehead atoms. The summed E-state index contributed by atoms with van der Waals surface area (Å²) in [6, 6.07) is 10.5. The van der Waals surface area contributed by atoms with Crippen molar-refractivity contribution in [2.24, 2.45) is 7.05 Å². The van der Waals surface area contributed by atoms with E-state index in [1.54, 1.807) is 42.2 Å². The molecule has 1 aromatic carbocycles. The van der Waals surface area contributed by atoms with Crippen molar-refractivity contribution in [2.75, 3.05) is 0 Å². The van der Waals surface area contributed by atoms with E-state index >= 15 is 0 Å². The van der Waals surface area contributed by atoms with Crippen LogP contribution in [0.1, 0.15) is 32.0 Å². The van der Waals surface area contributed by atoms with Gasteiger partial charge < -0.3 is 4.98 Å². The van der Waals surface area contributed by atoms with Gasteiger partial charge in [0.05, 0.1) is 28.6 Å². The molecule has 0 aliphatic carbocycles. The molecule has 1 N–H and O–H groups in total. The summed E-state index contributed by atoms with van der Waals surface area (Å²) in [7, 11) is 1.79. The first-order valence-corrected chi connectivity index (χ1v) is 8.88. The van der Waals surface area contributed by atoms with Crippen LogP contribution >= 0.6 is 12.4 Å². The molecule has 4 aromatic rings. The number of benzene rings is 1. The predicted octanol–water partition coefficient (Wildman–Crippen LogP) is 4.76. The van der Waals surface area contributed by atoms with Gasteiger partial charge in [0.2, 0.25) is 0 Å². The Morgan fingerprint density at radius 3 is 2.59 bits per heavy atom. The van der Waals surface area contributed by atoms with E-state index in [0.29, 0.717) is 39.4 Å². The van der Waals surface area contributed by atoms with E-state index in [1.807, 2.05) is 20.8 Å². The van der Waals surface area contributed by atoms with E-state index in [4.69, 9.17) is 0 Å². The van der Waals surface area contributed by atoms with Crippen LogP contribution in [0.2, 0.25) is 0 Å².